The third-order valence-corrected chi connectivity index (χ3v) is 6.55. The Bertz CT molecular complexity index is 1120. The Kier molecular flexibility index (Phi) is 9.98. The highest BCUT2D eigenvalue weighted by Crippen LogP contribution is 2.44. The number of hydroxylamine groups is 2. The number of hydrogen-bond donors (Lipinski definition) is 3. The van der Waals surface area contributed by atoms with Gasteiger partial charge in [0.15, 0.2) is 0 Å². The van der Waals surface area contributed by atoms with Gasteiger partial charge in [-0.2, -0.15) is 5.06 Å². The van der Waals surface area contributed by atoms with Crippen molar-refractivity contribution in [2.24, 2.45) is 5.92 Å². The number of carbonyl (C=O) groups is 4. The van der Waals surface area contributed by atoms with Crippen LogP contribution in [0.1, 0.15) is 43.7 Å². The summed E-state index contributed by atoms with van der Waals surface area (Å²) < 4.78 is 5.53. The number of carboxylic acids is 1. The number of aliphatic carboxylic acids is 1. The Morgan fingerprint density at radius 2 is 1.61 bits per heavy atom. The molecule has 3 N–H and O–H groups in total. The third-order valence-electron chi connectivity index (χ3n) is 6.55. The first kappa shape index (κ1) is 28.8. The zero-order valence-electron chi connectivity index (χ0n) is 22.1. The van der Waals surface area contributed by atoms with Gasteiger partial charge in [0, 0.05) is 19.4 Å². The van der Waals surface area contributed by atoms with Crippen molar-refractivity contribution in [2.75, 3.05) is 27.3 Å². The quantitative estimate of drug-likeness (QED) is 0.448. The van der Waals surface area contributed by atoms with Gasteiger partial charge in [-0.15, -0.1) is 0 Å². The molecule has 4 rings (SSSR count). The Balaban J connectivity index is 0.000000284. The average Bonchev–Trinajstić information content (AvgIpc) is 3.53. The minimum Gasteiger partial charge on any atom is -0.475 e. The maximum Gasteiger partial charge on any atom is 0.434 e. The molecule has 2 aliphatic rings. The first-order valence-electron chi connectivity index (χ1n) is 12.6. The molecule has 2 amide bonds. The van der Waals surface area contributed by atoms with E-state index in [-0.39, 0.29) is 18.4 Å². The number of hydrogen-bond acceptors (Lipinski definition) is 7. The maximum absolute atomic E-state index is 12.5. The SMILES string of the molecule is CNC(=O)[C@@H]1CCON1C(=O)OCC1c2ccccc2-c2ccccc21.CN[C@@H](CC(C)C)C(=O)C(=O)O. The monoisotopic (exact) mass is 525 g/mol. The molecule has 0 unspecified atom stereocenters. The lowest BCUT2D eigenvalue weighted by Crippen LogP contribution is -2.44. The topological polar surface area (TPSA) is 134 Å². The van der Waals surface area contributed by atoms with Crippen LogP contribution in [0.15, 0.2) is 48.5 Å². The van der Waals surface area contributed by atoms with E-state index in [1.165, 1.54) is 18.2 Å². The van der Waals surface area contributed by atoms with Crippen LogP contribution >= 0.6 is 0 Å². The Labute approximate surface area is 222 Å². The van der Waals surface area contributed by atoms with E-state index < -0.39 is 29.9 Å². The molecule has 1 saturated heterocycles. The highest BCUT2D eigenvalue weighted by atomic mass is 16.7. The molecule has 204 valence electrons. The van der Waals surface area contributed by atoms with Crippen LogP contribution in [0.25, 0.3) is 11.1 Å². The molecular weight excluding hydrogens is 490 g/mol. The molecule has 0 spiro atoms. The molecular formula is C28H35N3O7. The Morgan fingerprint density at radius 3 is 2.11 bits per heavy atom. The second kappa shape index (κ2) is 13.2. The van der Waals surface area contributed by atoms with Crippen LogP contribution in [-0.2, 0) is 24.0 Å². The number of ketones is 1. The van der Waals surface area contributed by atoms with Gasteiger partial charge < -0.3 is 20.5 Å². The third kappa shape index (κ3) is 6.56. The zero-order chi connectivity index (χ0) is 27.8. The van der Waals surface area contributed by atoms with Crippen molar-refractivity contribution in [3.05, 3.63) is 59.7 Å². The number of carboxylic acid groups (broad SMARTS) is 1. The first-order valence-corrected chi connectivity index (χ1v) is 12.6. The molecule has 0 radical (unpaired) electrons. The first-order chi connectivity index (χ1) is 18.2. The smallest absolute Gasteiger partial charge is 0.434 e. The van der Waals surface area contributed by atoms with Crippen molar-refractivity contribution >= 4 is 23.8 Å². The fourth-order valence-corrected chi connectivity index (χ4v) is 4.69. The molecule has 0 aromatic heterocycles. The van der Waals surface area contributed by atoms with Crippen molar-refractivity contribution in [1.82, 2.24) is 15.7 Å². The molecule has 38 heavy (non-hydrogen) atoms. The molecule has 10 nitrogen and oxygen atoms in total. The highest BCUT2D eigenvalue weighted by molar-refractivity contribution is 6.34. The van der Waals surface area contributed by atoms with Gasteiger partial charge in [0.1, 0.15) is 12.6 Å². The van der Waals surface area contributed by atoms with Crippen LogP contribution < -0.4 is 10.6 Å². The molecule has 0 saturated carbocycles. The zero-order valence-corrected chi connectivity index (χ0v) is 22.1. The van der Waals surface area contributed by atoms with E-state index >= 15 is 0 Å². The van der Waals surface area contributed by atoms with E-state index in [1.807, 2.05) is 38.1 Å². The molecule has 1 aliphatic heterocycles. The second-order valence-electron chi connectivity index (χ2n) is 9.52. The Hall–Kier alpha value is -3.76. The molecule has 1 fully saturated rings. The standard InChI is InChI=1S/C20H20N2O4.C8H15NO3/c1-21-19(23)18-10-11-26-22(18)20(24)25-12-17-15-8-4-2-6-13(15)14-7-3-5-9-16(14)17;1-5(2)4-6(9-3)7(10)8(11)12/h2-9,17-18H,10-12H2,1H3,(H,21,23);5-6,9H,4H2,1-3H3,(H,11,12)/t18-;6-/m00/s1. The number of carbonyl (C=O) groups excluding carboxylic acids is 3. The van der Waals surface area contributed by atoms with E-state index in [2.05, 4.69) is 34.9 Å². The van der Waals surface area contributed by atoms with E-state index in [4.69, 9.17) is 14.7 Å². The predicted octanol–water partition coefficient (Wildman–Crippen LogP) is 2.96. The van der Waals surface area contributed by atoms with Gasteiger partial charge in [-0.05, 0) is 41.6 Å². The summed E-state index contributed by atoms with van der Waals surface area (Å²) in [6.07, 6.45) is 0.392. The molecule has 2 aromatic carbocycles. The van der Waals surface area contributed by atoms with Crippen LogP contribution in [0, 0.1) is 5.92 Å². The van der Waals surface area contributed by atoms with Crippen molar-refractivity contribution in [2.45, 2.75) is 44.7 Å². The molecule has 1 heterocycles. The summed E-state index contributed by atoms with van der Waals surface area (Å²) in [6, 6.07) is 15.1. The normalized spacial score (nSPS) is 16.7. The number of ether oxygens (including phenoxy) is 1. The number of nitrogens with zero attached hydrogens (tertiary/aromatic N) is 1. The number of fused-ring (bicyclic) bond motifs is 3. The van der Waals surface area contributed by atoms with Gasteiger partial charge in [0.05, 0.1) is 12.6 Å². The molecule has 10 heteroatoms. The van der Waals surface area contributed by atoms with Gasteiger partial charge >= 0.3 is 12.1 Å². The maximum atomic E-state index is 12.5. The van der Waals surface area contributed by atoms with E-state index in [9.17, 15) is 19.2 Å². The van der Waals surface area contributed by atoms with Gasteiger partial charge in [0.2, 0.25) is 5.91 Å². The molecule has 0 bridgehead atoms. The average molecular weight is 526 g/mol. The summed E-state index contributed by atoms with van der Waals surface area (Å²) >= 11 is 0. The van der Waals surface area contributed by atoms with Crippen molar-refractivity contribution < 1.29 is 33.9 Å². The number of amides is 2. The summed E-state index contributed by atoms with van der Waals surface area (Å²) in [5, 5.41) is 14.7. The lowest BCUT2D eigenvalue weighted by Gasteiger charge is -2.22. The van der Waals surface area contributed by atoms with Gasteiger partial charge in [0.25, 0.3) is 5.78 Å². The number of benzene rings is 2. The number of Topliss-reactive ketones (excluding diaryl/α,β-unsaturated/α-hetero) is 1. The van der Waals surface area contributed by atoms with Crippen molar-refractivity contribution in [3.8, 4) is 11.1 Å². The van der Waals surface area contributed by atoms with Crippen molar-refractivity contribution in [1.29, 1.82) is 0 Å². The fourth-order valence-electron chi connectivity index (χ4n) is 4.69. The fraction of sp³-hybridized carbons (Fsp3) is 0.429. The summed E-state index contributed by atoms with van der Waals surface area (Å²) in [5.41, 5.74) is 4.63. The molecule has 2 atom stereocenters. The second-order valence-corrected chi connectivity index (χ2v) is 9.52. The van der Waals surface area contributed by atoms with Gasteiger partial charge in [-0.1, -0.05) is 62.4 Å². The largest absolute Gasteiger partial charge is 0.475 e. The summed E-state index contributed by atoms with van der Waals surface area (Å²) in [7, 11) is 3.13. The van der Waals surface area contributed by atoms with E-state index in [0.717, 1.165) is 16.2 Å². The van der Waals surface area contributed by atoms with Crippen LogP contribution in [0.2, 0.25) is 0 Å². The highest BCUT2D eigenvalue weighted by Gasteiger charge is 2.37. The van der Waals surface area contributed by atoms with Crippen LogP contribution in [-0.4, -0.2) is 73.3 Å². The van der Waals surface area contributed by atoms with Crippen LogP contribution in [0.5, 0.6) is 0 Å². The predicted molar refractivity (Wildman–Crippen MR) is 140 cm³/mol. The lowest BCUT2D eigenvalue weighted by atomic mass is 9.98. The molecule has 1 aliphatic carbocycles. The van der Waals surface area contributed by atoms with Crippen LogP contribution in [0.3, 0.4) is 0 Å². The number of likely N-dealkylation sites (N-methyl/N-ethyl adjacent to an activating group) is 2. The minimum absolute atomic E-state index is 0.0209. The van der Waals surface area contributed by atoms with E-state index in [0.29, 0.717) is 25.4 Å². The summed E-state index contributed by atoms with van der Waals surface area (Å²) in [4.78, 5) is 50.9. The van der Waals surface area contributed by atoms with Crippen molar-refractivity contribution in [3.63, 3.8) is 0 Å². The number of rotatable bonds is 8. The van der Waals surface area contributed by atoms with Gasteiger partial charge in [-0.3, -0.25) is 14.4 Å². The lowest BCUT2D eigenvalue weighted by molar-refractivity contribution is -0.150. The van der Waals surface area contributed by atoms with E-state index in [1.54, 1.807) is 7.05 Å². The Morgan fingerprint density at radius 1 is 1.03 bits per heavy atom. The van der Waals surface area contributed by atoms with Gasteiger partial charge in [-0.25, -0.2) is 9.59 Å². The van der Waals surface area contributed by atoms with Crippen LogP contribution in [0.4, 0.5) is 4.79 Å². The summed E-state index contributed by atoms with van der Waals surface area (Å²) in [5.74, 6) is -2.09. The minimum atomic E-state index is -1.37. The summed E-state index contributed by atoms with van der Waals surface area (Å²) in [6.45, 7) is 4.41. The molecule has 2 aromatic rings. The number of nitrogens with one attached hydrogen (secondary N) is 2.